The molecule has 0 radical (unpaired) electrons. The Hall–Kier alpha value is -1.40. The third-order valence-electron chi connectivity index (χ3n) is 8.04. The summed E-state index contributed by atoms with van der Waals surface area (Å²) in [5, 5.41) is 10.7. The lowest BCUT2D eigenvalue weighted by Gasteiger charge is -2.53. The van der Waals surface area contributed by atoms with Crippen LogP contribution in [0.3, 0.4) is 0 Å². The minimum Gasteiger partial charge on any atom is -0.458 e. The molecule has 0 aromatic heterocycles. The third kappa shape index (κ3) is 2.97. The summed E-state index contributed by atoms with van der Waals surface area (Å²) >= 11 is 0. The Morgan fingerprint density at radius 3 is 2.34 bits per heavy atom. The van der Waals surface area contributed by atoms with Gasteiger partial charge >= 0.3 is 11.9 Å². The van der Waals surface area contributed by atoms with Gasteiger partial charge in [-0.05, 0) is 60.3 Å². The maximum Gasteiger partial charge on any atom is 0.333 e. The molecule has 3 rings (SSSR count). The normalized spacial score (nSPS) is 33.7. The number of esters is 2. The van der Waals surface area contributed by atoms with Crippen LogP contribution in [0.4, 0.5) is 0 Å². The molecule has 3 fully saturated rings. The minimum absolute atomic E-state index is 0.0552. The van der Waals surface area contributed by atoms with Crippen LogP contribution in [0.1, 0.15) is 74.1 Å². The molecule has 29 heavy (non-hydrogen) atoms. The number of fused-ring (bicyclic) bond motifs is 1. The monoisotopic (exact) mass is 408 g/mol. The second-order valence-electron chi connectivity index (χ2n) is 10.2. The molecule has 0 aromatic rings. The second kappa shape index (κ2) is 6.81. The Balaban J connectivity index is 1.97. The molecule has 164 valence electrons. The van der Waals surface area contributed by atoms with E-state index < -0.39 is 40.4 Å². The second-order valence-corrected chi connectivity index (χ2v) is 10.2. The largest absolute Gasteiger partial charge is 0.458 e. The molecule has 2 bridgehead atoms. The number of carbonyl (C=O) groups excluding carboxylic acids is 2. The van der Waals surface area contributed by atoms with Crippen molar-refractivity contribution in [1.82, 2.24) is 0 Å². The maximum atomic E-state index is 13.4. The van der Waals surface area contributed by atoms with Gasteiger partial charge in [0.2, 0.25) is 0 Å². The van der Waals surface area contributed by atoms with Crippen molar-refractivity contribution in [2.75, 3.05) is 0 Å². The Bertz CT molecular complexity index is 713. The van der Waals surface area contributed by atoms with Crippen molar-refractivity contribution in [3.63, 3.8) is 0 Å². The standard InChI is InChI=1S/C23H36O6/c1-9-22(10-2,29-21(7,8)20(5,6)26)23-12-14-11-15(23)17(28-19(23)25)16(14)27-18(24)13(3)4/h14-17,26H,3,9-12H2,1-2,4-8H3. The molecule has 1 heterocycles. The Kier molecular flexibility index (Phi) is 5.23. The van der Waals surface area contributed by atoms with Gasteiger partial charge in [-0.15, -0.1) is 0 Å². The summed E-state index contributed by atoms with van der Waals surface area (Å²) < 4.78 is 18.2. The van der Waals surface area contributed by atoms with Crippen molar-refractivity contribution < 1.29 is 28.9 Å². The molecule has 5 unspecified atom stereocenters. The Morgan fingerprint density at radius 1 is 1.28 bits per heavy atom. The lowest BCUT2D eigenvalue weighted by atomic mass is 9.60. The fourth-order valence-electron chi connectivity index (χ4n) is 5.78. The van der Waals surface area contributed by atoms with Crippen molar-refractivity contribution in [2.24, 2.45) is 17.3 Å². The predicted octanol–water partition coefficient (Wildman–Crippen LogP) is 3.55. The van der Waals surface area contributed by atoms with Crippen LogP contribution in [0.5, 0.6) is 0 Å². The molecular formula is C23H36O6. The van der Waals surface area contributed by atoms with Gasteiger partial charge in [-0.1, -0.05) is 20.4 Å². The van der Waals surface area contributed by atoms with Gasteiger partial charge in [-0.25, -0.2) is 4.79 Å². The van der Waals surface area contributed by atoms with Crippen molar-refractivity contribution in [1.29, 1.82) is 0 Å². The van der Waals surface area contributed by atoms with Crippen LogP contribution in [0.2, 0.25) is 0 Å². The molecule has 1 aliphatic heterocycles. The van der Waals surface area contributed by atoms with Gasteiger partial charge in [-0.3, -0.25) is 4.79 Å². The predicted molar refractivity (Wildman–Crippen MR) is 108 cm³/mol. The lowest BCUT2D eigenvalue weighted by molar-refractivity contribution is -0.256. The van der Waals surface area contributed by atoms with Gasteiger partial charge in [0.1, 0.15) is 17.6 Å². The fourth-order valence-corrected chi connectivity index (χ4v) is 5.78. The van der Waals surface area contributed by atoms with Gasteiger partial charge in [0, 0.05) is 17.4 Å². The highest BCUT2D eigenvalue weighted by Crippen LogP contribution is 2.68. The summed E-state index contributed by atoms with van der Waals surface area (Å²) in [7, 11) is 0. The topological polar surface area (TPSA) is 82.1 Å². The quantitative estimate of drug-likeness (QED) is 0.489. The first-order valence-corrected chi connectivity index (χ1v) is 10.8. The van der Waals surface area contributed by atoms with Crippen LogP contribution < -0.4 is 0 Å². The highest BCUT2D eigenvalue weighted by molar-refractivity contribution is 5.87. The average Bonchev–Trinajstić information content (AvgIpc) is 3.21. The summed E-state index contributed by atoms with van der Waals surface area (Å²) in [6, 6.07) is 0. The van der Waals surface area contributed by atoms with E-state index in [2.05, 4.69) is 6.58 Å². The first-order valence-electron chi connectivity index (χ1n) is 10.8. The van der Waals surface area contributed by atoms with Crippen LogP contribution in [0, 0.1) is 17.3 Å². The van der Waals surface area contributed by atoms with Crippen LogP contribution in [0.25, 0.3) is 0 Å². The lowest BCUT2D eigenvalue weighted by Crippen LogP contribution is -2.62. The number of hydrogen-bond donors (Lipinski definition) is 1. The molecule has 6 nitrogen and oxygen atoms in total. The molecule has 0 aromatic carbocycles. The average molecular weight is 409 g/mol. The summed E-state index contributed by atoms with van der Waals surface area (Å²) in [6.07, 6.45) is 1.76. The summed E-state index contributed by atoms with van der Waals surface area (Å²) in [6.45, 7) is 16.5. The van der Waals surface area contributed by atoms with E-state index in [1.807, 2.05) is 27.7 Å². The molecule has 5 atom stereocenters. The first kappa shape index (κ1) is 22.3. The van der Waals surface area contributed by atoms with E-state index in [0.29, 0.717) is 24.8 Å². The highest BCUT2D eigenvalue weighted by Gasteiger charge is 2.77. The van der Waals surface area contributed by atoms with Crippen LogP contribution in [0.15, 0.2) is 12.2 Å². The molecule has 6 heteroatoms. The number of carbonyl (C=O) groups is 2. The Morgan fingerprint density at radius 2 is 1.86 bits per heavy atom. The zero-order chi connectivity index (χ0) is 22.0. The summed E-state index contributed by atoms with van der Waals surface area (Å²) in [4.78, 5) is 25.5. The molecule has 1 saturated heterocycles. The highest BCUT2D eigenvalue weighted by atomic mass is 16.6. The number of aliphatic hydroxyl groups is 1. The zero-order valence-corrected chi connectivity index (χ0v) is 18.8. The van der Waals surface area contributed by atoms with Crippen molar-refractivity contribution in [3.8, 4) is 0 Å². The summed E-state index contributed by atoms with van der Waals surface area (Å²) in [5.41, 5.74) is -3.14. The number of hydrogen-bond acceptors (Lipinski definition) is 6. The van der Waals surface area contributed by atoms with E-state index in [1.165, 1.54) is 0 Å². The molecule has 2 aliphatic carbocycles. The van der Waals surface area contributed by atoms with Gasteiger partial charge in [0.15, 0.2) is 0 Å². The maximum absolute atomic E-state index is 13.4. The molecule has 1 N–H and O–H groups in total. The molecule has 3 aliphatic rings. The van der Waals surface area contributed by atoms with Gasteiger partial charge in [0.05, 0.1) is 16.8 Å². The minimum atomic E-state index is -1.09. The number of ether oxygens (including phenoxy) is 3. The molecule has 0 amide bonds. The van der Waals surface area contributed by atoms with Gasteiger partial charge < -0.3 is 19.3 Å². The van der Waals surface area contributed by atoms with E-state index in [4.69, 9.17) is 14.2 Å². The van der Waals surface area contributed by atoms with Crippen LogP contribution in [-0.4, -0.2) is 46.1 Å². The fraction of sp³-hybridized carbons (Fsp3) is 0.826. The Labute approximate surface area is 174 Å². The van der Waals surface area contributed by atoms with Crippen molar-refractivity contribution in [2.45, 2.75) is 103 Å². The van der Waals surface area contributed by atoms with Crippen molar-refractivity contribution in [3.05, 3.63) is 12.2 Å². The summed E-state index contributed by atoms with van der Waals surface area (Å²) in [5.74, 6) is -0.682. The zero-order valence-electron chi connectivity index (χ0n) is 18.8. The first-order chi connectivity index (χ1) is 13.3. The third-order valence-corrected chi connectivity index (χ3v) is 8.04. The van der Waals surface area contributed by atoms with Gasteiger partial charge in [-0.2, -0.15) is 0 Å². The SMILES string of the molecule is C=C(C)C(=O)OC1C2CC3C1OC(=O)C3(C(CC)(CC)OC(C)(C)C(C)(C)O)C2. The van der Waals surface area contributed by atoms with E-state index in [9.17, 15) is 14.7 Å². The van der Waals surface area contributed by atoms with Crippen molar-refractivity contribution >= 4 is 11.9 Å². The van der Waals surface area contributed by atoms with E-state index >= 15 is 0 Å². The smallest absolute Gasteiger partial charge is 0.333 e. The molecule has 2 saturated carbocycles. The van der Waals surface area contributed by atoms with E-state index in [1.54, 1.807) is 20.8 Å². The van der Waals surface area contributed by atoms with E-state index in [0.717, 1.165) is 6.42 Å². The van der Waals surface area contributed by atoms with Crippen LogP contribution in [-0.2, 0) is 23.8 Å². The number of rotatable bonds is 8. The van der Waals surface area contributed by atoms with E-state index in [-0.39, 0.29) is 17.8 Å². The molecular weight excluding hydrogens is 372 g/mol. The molecule has 0 spiro atoms. The van der Waals surface area contributed by atoms with Gasteiger partial charge in [0.25, 0.3) is 0 Å². The van der Waals surface area contributed by atoms with Crippen LogP contribution >= 0.6 is 0 Å².